The van der Waals surface area contributed by atoms with Gasteiger partial charge >= 0.3 is 0 Å². The minimum Gasteiger partial charge on any atom is -0.327 e. The van der Waals surface area contributed by atoms with Gasteiger partial charge in [-0.1, -0.05) is 12.8 Å². The van der Waals surface area contributed by atoms with E-state index in [1.165, 1.54) is 16.2 Å². The van der Waals surface area contributed by atoms with Crippen molar-refractivity contribution in [2.45, 2.75) is 32.1 Å². The number of carbonyl (C=O) groups excluding carboxylic acids is 3. The number of hydrogen-bond donors (Lipinski definition) is 0. The van der Waals surface area contributed by atoms with E-state index in [9.17, 15) is 14.4 Å². The molecule has 6 nitrogen and oxygen atoms in total. The second-order valence-corrected chi connectivity index (χ2v) is 6.75. The topological polar surface area (TPSA) is 71.7 Å². The zero-order valence-electron chi connectivity index (χ0n) is 12.5. The van der Waals surface area contributed by atoms with Crippen LogP contribution in [0, 0.1) is 11.8 Å². The third-order valence-electron chi connectivity index (χ3n) is 4.46. The first-order valence-electron chi connectivity index (χ1n) is 7.61. The Hall–Kier alpha value is -1.76. The summed E-state index contributed by atoms with van der Waals surface area (Å²) in [4.78, 5) is 42.4. The number of nitrogens with zero attached hydrogens (tertiary/aromatic N) is 3. The van der Waals surface area contributed by atoms with Crippen LogP contribution in [-0.4, -0.2) is 33.7 Å². The molecule has 1 aliphatic heterocycles. The third kappa shape index (κ3) is 2.77. The van der Waals surface area contributed by atoms with Crippen molar-refractivity contribution in [1.82, 2.24) is 9.47 Å². The molecule has 2 heterocycles. The molecule has 1 aliphatic carbocycles. The molecule has 1 aromatic rings. The van der Waals surface area contributed by atoms with Crippen molar-refractivity contribution in [2.24, 2.45) is 23.9 Å². The molecule has 0 unspecified atom stereocenters. The lowest BCUT2D eigenvalue weighted by Gasteiger charge is -2.19. The molecule has 0 spiro atoms. The van der Waals surface area contributed by atoms with E-state index < -0.39 is 0 Å². The Morgan fingerprint density at radius 1 is 1.27 bits per heavy atom. The first-order valence-corrected chi connectivity index (χ1v) is 8.49. The number of rotatable bonds is 3. The molecular formula is C15H19N3O3S. The summed E-state index contributed by atoms with van der Waals surface area (Å²) in [5.74, 6) is -0.784. The Balaban J connectivity index is 1.64. The Morgan fingerprint density at radius 2 is 1.91 bits per heavy atom. The highest BCUT2D eigenvalue weighted by Gasteiger charge is 2.47. The lowest BCUT2D eigenvalue weighted by Crippen LogP contribution is -2.33. The molecule has 1 aromatic heterocycles. The molecule has 1 saturated carbocycles. The monoisotopic (exact) mass is 321 g/mol. The molecule has 1 saturated heterocycles. The van der Waals surface area contributed by atoms with Crippen LogP contribution in [0.25, 0.3) is 0 Å². The molecule has 7 heteroatoms. The predicted molar refractivity (Wildman–Crippen MR) is 80.6 cm³/mol. The van der Waals surface area contributed by atoms with Gasteiger partial charge in [-0.3, -0.25) is 19.3 Å². The van der Waals surface area contributed by atoms with E-state index in [-0.39, 0.29) is 42.5 Å². The van der Waals surface area contributed by atoms with Crippen LogP contribution in [0.3, 0.4) is 0 Å². The van der Waals surface area contributed by atoms with Crippen LogP contribution in [0.15, 0.2) is 16.6 Å². The first kappa shape index (κ1) is 15.1. The molecule has 2 fully saturated rings. The van der Waals surface area contributed by atoms with Gasteiger partial charge in [-0.25, -0.2) is 0 Å². The Bertz CT molecular complexity index is 652. The number of likely N-dealkylation sites (tertiary alicyclic amines) is 1. The smallest absolute Gasteiger partial charge is 0.250 e. The summed E-state index contributed by atoms with van der Waals surface area (Å²) in [7, 11) is 1.82. The summed E-state index contributed by atoms with van der Waals surface area (Å²) in [5, 5.41) is 1.85. The molecule has 0 bridgehead atoms. The van der Waals surface area contributed by atoms with Crippen molar-refractivity contribution in [3.05, 3.63) is 16.4 Å². The fraction of sp³-hybridized carbons (Fsp3) is 0.600. The molecule has 3 rings (SSSR count). The highest BCUT2D eigenvalue weighted by Crippen LogP contribution is 2.37. The van der Waals surface area contributed by atoms with Crippen LogP contribution in [0.1, 0.15) is 32.1 Å². The van der Waals surface area contributed by atoms with Crippen molar-refractivity contribution in [3.8, 4) is 0 Å². The Morgan fingerprint density at radius 3 is 2.45 bits per heavy atom. The minimum atomic E-state index is -0.298. The van der Waals surface area contributed by atoms with Crippen LogP contribution < -0.4 is 4.80 Å². The van der Waals surface area contributed by atoms with Crippen LogP contribution in [0.4, 0.5) is 0 Å². The molecule has 2 atom stereocenters. The predicted octanol–water partition coefficient (Wildman–Crippen LogP) is 1.08. The summed E-state index contributed by atoms with van der Waals surface area (Å²) in [6.07, 6.45) is 5.54. The second-order valence-electron chi connectivity index (χ2n) is 5.88. The lowest BCUT2D eigenvalue weighted by molar-refractivity contribution is -0.140. The van der Waals surface area contributed by atoms with E-state index in [4.69, 9.17) is 0 Å². The van der Waals surface area contributed by atoms with Gasteiger partial charge in [0.25, 0.3) is 0 Å². The van der Waals surface area contributed by atoms with Gasteiger partial charge < -0.3 is 4.57 Å². The van der Waals surface area contributed by atoms with Crippen LogP contribution >= 0.6 is 11.3 Å². The largest absolute Gasteiger partial charge is 0.327 e. The van der Waals surface area contributed by atoms with Gasteiger partial charge in [0.05, 0.1) is 11.8 Å². The minimum absolute atomic E-state index is 0.0921. The molecule has 3 amide bonds. The number of imide groups is 1. The van der Waals surface area contributed by atoms with Gasteiger partial charge in [0.15, 0.2) is 4.80 Å². The van der Waals surface area contributed by atoms with E-state index in [0.717, 1.165) is 25.7 Å². The van der Waals surface area contributed by atoms with Crippen LogP contribution in [0.5, 0.6) is 0 Å². The maximum Gasteiger partial charge on any atom is 0.250 e. The van der Waals surface area contributed by atoms with Crippen molar-refractivity contribution < 1.29 is 14.4 Å². The summed E-state index contributed by atoms with van der Waals surface area (Å²) in [6, 6.07) is 0. The molecule has 118 valence electrons. The number of carbonyl (C=O) groups is 3. The van der Waals surface area contributed by atoms with E-state index in [1.807, 2.05) is 18.6 Å². The first-order chi connectivity index (χ1) is 10.6. The lowest BCUT2D eigenvalue weighted by atomic mass is 9.81. The normalized spacial score (nSPS) is 25.7. The SMILES string of the molecule is Cn1ccsc1=NC(=O)CCN1C(=O)[C@@H]2CCCC[C@H]2C1=O. The summed E-state index contributed by atoms with van der Waals surface area (Å²) in [6.45, 7) is 0.155. The summed E-state index contributed by atoms with van der Waals surface area (Å²) in [5.41, 5.74) is 0. The molecule has 0 radical (unpaired) electrons. The van der Waals surface area contributed by atoms with E-state index in [0.29, 0.717) is 4.80 Å². The van der Waals surface area contributed by atoms with Crippen molar-refractivity contribution >= 4 is 29.1 Å². The zero-order valence-corrected chi connectivity index (χ0v) is 13.3. The third-order valence-corrected chi connectivity index (χ3v) is 5.31. The highest BCUT2D eigenvalue weighted by atomic mass is 32.1. The highest BCUT2D eigenvalue weighted by molar-refractivity contribution is 7.07. The number of fused-ring (bicyclic) bond motifs is 1. The Labute approximate surface area is 132 Å². The van der Waals surface area contributed by atoms with Gasteiger partial charge in [0, 0.05) is 31.6 Å². The average Bonchev–Trinajstić information content (AvgIpc) is 3.01. The van der Waals surface area contributed by atoms with E-state index >= 15 is 0 Å². The summed E-state index contributed by atoms with van der Waals surface area (Å²) < 4.78 is 1.77. The Kier molecular flexibility index (Phi) is 4.24. The fourth-order valence-electron chi connectivity index (χ4n) is 3.26. The number of amides is 3. The van der Waals surface area contributed by atoms with E-state index in [2.05, 4.69) is 4.99 Å². The van der Waals surface area contributed by atoms with Crippen molar-refractivity contribution in [2.75, 3.05) is 6.54 Å². The zero-order chi connectivity index (χ0) is 15.7. The molecule has 2 aliphatic rings. The molecule has 22 heavy (non-hydrogen) atoms. The molecular weight excluding hydrogens is 302 g/mol. The molecule has 0 aromatic carbocycles. The average molecular weight is 321 g/mol. The van der Waals surface area contributed by atoms with E-state index in [1.54, 1.807) is 4.57 Å². The van der Waals surface area contributed by atoms with Crippen LogP contribution in [0.2, 0.25) is 0 Å². The number of aryl methyl sites for hydroxylation is 1. The van der Waals surface area contributed by atoms with Crippen LogP contribution in [-0.2, 0) is 21.4 Å². The molecule has 0 N–H and O–H groups in total. The maximum atomic E-state index is 12.3. The maximum absolute atomic E-state index is 12.3. The quantitative estimate of drug-likeness (QED) is 0.782. The summed E-state index contributed by atoms with van der Waals surface area (Å²) >= 11 is 1.38. The number of hydrogen-bond acceptors (Lipinski definition) is 4. The van der Waals surface area contributed by atoms with Gasteiger partial charge in [0.2, 0.25) is 17.7 Å². The standard InChI is InChI=1S/C15H19N3O3S/c1-17-8-9-22-15(17)16-12(19)6-7-18-13(20)10-4-2-3-5-11(10)14(18)21/h8-11H,2-7H2,1H3/t10-,11-/m1/s1. The number of thiazole rings is 1. The van der Waals surface area contributed by atoms with Gasteiger partial charge in [-0.05, 0) is 12.8 Å². The van der Waals surface area contributed by atoms with Gasteiger partial charge in [-0.15, -0.1) is 11.3 Å². The van der Waals surface area contributed by atoms with Gasteiger partial charge in [0.1, 0.15) is 0 Å². The number of aromatic nitrogens is 1. The fourth-order valence-corrected chi connectivity index (χ4v) is 4.00. The van der Waals surface area contributed by atoms with Gasteiger partial charge in [-0.2, -0.15) is 4.99 Å². The van der Waals surface area contributed by atoms with Crippen molar-refractivity contribution in [1.29, 1.82) is 0 Å². The van der Waals surface area contributed by atoms with Crippen molar-refractivity contribution in [3.63, 3.8) is 0 Å². The second kappa shape index (κ2) is 6.16.